The van der Waals surface area contributed by atoms with Gasteiger partial charge in [0.25, 0.3) is 0 Å². The molecule has 4 heteroatoms. The first-order valence-corrected chi connectivity index (χ1v) is 6.94. The molecule has 2 aromatic carbocycles. The number of nitrogens with zero attached hydrogens (tertiary/aromatic N) is 2. The molecule has 0 aliphatic carbocycles. The molecule has 2 aromatic rings. The standard InChI is InChI=1S/C17H14N2O2/c1-2-4-12(5-3-1)10-20-11-16-19-17-13-8-9-18-14(13)6-7-15(17)21-16/h1-9,16H,10-11H2. The first kappa shape index (κ1) is 12.3. The average molecular weight is 278 g/mol. The van der Waals surface area contributed by atoms with E-state index in [1.165, 1.54) is 0 Å². The van der Waals surface area contributed by atoms with Crippen LogP contribution < -0.4 is 15.3 Å². The summed E-state index contributed by atoms with van der Waals surface area (Å²) >= 11 is 0. The van der Waals surface area contributed by atoms with Gasteiger partial charge in [-0.3, -0.25) is 4.99 Å². The predicted octanol–water partition coefficient (Wildman–Crippen LogP) is 1.74. The van der Waals surface area contributed by atoms with Crippen LogP contribution in [-0.4, -0.2) is 19.0 Å². The highest BCUT2D eigenvalue weighted by atomic mass is 16.5. The Kier molecular flexibility index (Phi) is 3.01. The van der Waals surface area contributed by atoms with Crippen molar-refractivity contribution in [1.29, 1.82) is 0 Å². The molecule has 2 heterocycles. The van der Waals surface area contributed by atoms with Gasteiger partial charge in [-0.1, -0.05) is 30.3 Å². The molecule has 0 fully saturated rings. The molecule has 0 spiro atoms. The fraction of sp³-hybridized carbons (Fsp3) is 0.176. The summed E-state index contributed by atoms with van der Waals surface area (Å²) in [6.45, 7) is 1.01. The van der Waals surface area contributed by atoms with E-state index in [1.807, 2.05) is 48.5 Å². The SMILES string of the molecule is C1=Nc2ccc3c(c2=C1)=NC(COCc1ccccc1)O3. The minimum Gasteiger partial charge on any atom is -0.464 e. The van der Waals surface area contributed by atoms with E-state index in [-0.39, 0.29) is 6.23 Å². The molecule has 0 bridgehead atoms. The molecule has 4 rings (SSSR count). The largest absolute Gasteiger partial charge is 0.464 e. The summed E-state index contributed by atoms with van der Waals surface area (Å²) < 4.78 is 11.5. The zero-order chi connectivity index (χ0) is 14.1. The molecule has 0 amide bonds. The van der Waals surface area contributed by atoms with Gasteiger partial charge >= 0.3 is 0 Å². The molecule has 21 heavy (non-hydrogen) atoms. The second kappa shape index (κ2) is 5.14. The lowest BCUT2D eigenvalue weighted by molar-refractivity contribution is 0.0507. The van der Waals surface area contributed by atoms with Gasteiger partial charge in [-0.25, -0.2) is 4.99 Å². The molecule has 104 valence electrons. The predicted molar refractivity (Wildman–Crippen MR) is 80.4 cm³/mol. The summed E-state index contributed by atoms with van der Waals surface area (Å²) in [5.74, 6) is 0.809. The highest BCUT2D eigenvalue weighted by molar-refractivity contribution is 5.96. The molecule has 0 N–H and O–H groups in total. The maximum atomic E-state index is 5.80. The molecule has 0 saturated carbocycles. The second-order valence-electron chi connectivity index (χ2n) is 4.99. The van der Waals surface area contributed by atoms with Gasteiger partial charge in [0.15, 0.2) is 0 Å². The van der Waals surface area contributed by atoms with Crippen LogP contribution in [0.25, 0.3) is 6.08 Å². The van der Waals surface area contributed by atoms with Crippen molar-refractivity contribution >= 4 is 18.0 Å². The van der Waals surface area contributed by atoms with Crippen LogP contribution in [0.2, 0.25) is 0 Å². The van der Waals surface area contributed by atoms with Crippen molar-refractivity contribution in [3.8, 4) is 5.75 Å². The Morgan fingerprint density at radius 3 is 2.90 bits per heavy atom. The zero-order valence-corrected chi connectivity index (χ0v) is 11.4. The molecule has 2 aliphatic rings. The maximum absolute atomic E-state index is 5.80. The third-order valence-electron chi connectivity index (χ3n) is 3.52. The lowest BCUT2D eigenvalue weighted by atomic mass is 10.2. The number of hydrogen-bond donors (Lipinski definition) is 0. The average Bonchev–Trinajstić information content (AvgIpc) is 3.13. The maximum Gasteiger partial charge on any atom is 0.213 e. The van der Waals surface area contributed by atoms with Crippen LogP contribution in [0.1, 0.15) is 5.56 Å². The molecule has 0 saturated heterocycles. The molecule has 0 aromatic heterocycles. The Morgan fingerprint density at radius 1 is 1.10 bits per heavy atom. The van der Waals surface area contributed by atoms with Gasteiger partial charge < -0.3 is 9.47 Å². The Balaban J connectivity index is 1.46. The fourth-order valence-corrected chi connectivity index (χ4v) is 2.51. The fourth-order valence-electron chi connectivity index (χ4n) is 2.51. The van der Waals surface area contributed by atoms with E-state index < -0.39 is 0 Å². The molecule has 1 unspecified atom stereocenters. The van der Waals surface area contributed by atoms with E-state index in [0.717, 1.165) is 27.6 Å². The number of aliphatic imine (C=N–C) groups is 1. The van der Waals surface area contributed by atoms with Crippen LogP contribution in [0.3, 0.4) is 0 Å². The summed E-state index contributed by atoms with van der Waals surface area (Å²) in [4.78, 5) is 8.87. The Labute approximate surface area is 122 Å². The van der Waals surface area contributed by atoms with Gasteiger partial charge in [-0.05, 0) is 23.8 Å². The van der Waals surface area contributed by atoms with Crippen molar-refractivity contribution in [3.63, 3.8) is 0 Å². The lowest BCUT2D eigenvalue weighted by Crippen LogP contribution is -2.22. The molecular weight excluding hydrogens is 264 g/mol. The van der Waals surface area contributed by atoms with Crippen LogP contribution in [0.4, 0.5) is 5.69 Å². The van der Waals surface area contributed by atoms with Gasteiger partial charge in [0.05, 0.1) is 12.3 Å². The van der Waals surface area contributed by atoms with E-state index in [9.17, 15) is 0 Å². The van der Waals surface area contributed by atoms with E-state index in [1.54, 1.807) is 6.21 Å². The van der Waals surface area contributed by atoms with Crippen LogP contribution in [0, 0.1) is 0 Å². The minimum absolute atomic E-state index is 0.274. The molecule has 4 nitrogen and oxygen atoms in total. The molecule has 1 atom stereocenters. The summed E-state index contributed by atoms with van der Waals surface area (Å²) in [5, 5.41) is 1.93. The number of hydrogen-bond acceptors (Lipinski definition) is 4. The molecular formula is C17H14N2O2. The smallest absolute Gasteiger partial charge is 0.213 e. The highest BCUT2D eigenvalue weighted by Gasteiger charge is 2.19. The summed E-state index contributed by atoms with van der Waals surface area (Å²) in [7, 11) is 0. The van der Waals surface area contributed by atoms with Crippen molar-refractivity contribution in [2.45, 2.75) is 12.8 Å². The molecule has 2 aliphatic heterocycles. The van der Waals surface area contributed by atoms with Crippen LogP contribution in [0.15, 0.2) is 52.4 Å². The number of ether oxygens (including phenoxy) is 2. The van der Waals surface area contributed by atoms with Gasteiger partial charge in [-0.2, -0.15) is 0 Å². The van der Waals surface area contributed by atoms with Gasteiger partial charge in [0.1, 0.15) is 17.7 Å². The van der Waals surface area contributed by atoms with Crippen LogP contribution in [-0.2, 0) is 11.3 Å². The van der Waals surface area contributed by atoms with E-state index in [2.05, 4.69) is 9.98 Å². The van der Waals surface area contributed by atoms with Crippen LogP contribution in [0.5, 0.6) is 5.75 Å². The van der Waals surface area contributed by atoms with Crippen molar-refractivity contribution in [2.75, 3.05) is 6.61 Å². The molecule has 0 radical (unpaired) electrons. The lowest BCUT2D eigenvalue weighted by Gasteiger charge is -2.09. The number of rotatable bonds is 4. The zero-order valence-electron chi connectivity index (χ0n) is 11.4. The van der Waals surface area contributed by atoms with E-state index in [0.29, 0.717) is 13.2 Å². The first-order chi connectivity index (χ1) is 10.4. The first-order valence-electron chi connectivity index (χ1n) is 6.94. The van der Waals surface area contributed by atoms with Crippen molar-refractivity contribution in [1.82, 2.24) is 0 Å². The van der Waals surface area contributed by atoms with Crippen molar-refractivity contribution in [2.24, 2.45) is 9.98 Å². The van der Waals surface area contributed by atoms with Gasteiger partial charge in [0, 0.05) is 11.4 Å². The summed E-state index contributed by atoms with van der Waals surface area (Å²) in [5.41, 5.74) is 2.10. The minimum atomic E-state index is -0.274. The van der Waals surface area contributed by atoms with Gasteiger partial charge in [0.2, 0.25) is 6.23 Å². The van der Waals surface area contributed by atoms with E-state index >= 15 is 0 Å². The van der Waals surface area contributed by atoms with Crippen molar-refractivity contribution in [3.05, 3.63) is 58.6 Å². The Morgan fingerprint density at radius 2 is 2.00 bits per heavy atom. The third-order valence-corrected chi connectivity index (χ3v) is 3.52. The normalized spacial score (nSPS) is 17.6. The second-order valence-corrected chi connectivity index (χ2v) is 4.99. The Hall–Kier alpha value is -2.46. The third kappa shape index (κ3) is 2.34. The number of benzene rings is 2. The summed E-state index contributed by atoms with van der Waals surface area (Å²) in [6.07, 6.45) is 3.48. The van der Waals surface area contributed by atoms with E-state index in [4.69, 9.17) is 9.47 Å². The Bertz CT molecular complexity index is 813. The quantitative estimate of drug-likeness (QED) is 0.855. The van der Waals surface area contributed by atoms with Gasteiger partial charge in [-0.15, -0.1) is 0 Å². The van der Waals surface area contributed by atoms with Crippen LogP contribution >= 0.6 is 0 Å². The monoisotopic (exact) mass is 278 g/mol. The summed E-state index contributed by atoms with van der Waals surface area (Å²) in [6, 6.07) is 14.0. The highest BCUT2D eigenvalue weighted by Crippen LogP contribution is 2.16. The number of fused-ring (bicyclic) bond motifs is 3. The topological polar surface area (TPSA) is 43.2 Å². The van der Waals surface area contributed by atoms with Crippen molar-refractivity contribution < 1.29 is 9.47 Å².